The number of para-hydroxylation sites is 1. The second-order valence-electron chi connectivity index (χ2n) is 8.53. The number of benzene rings is 4. The van der Waals surface area contributed by atoms with Gasteiger partial charge in [-0.1, -0.05) is 66.2 Å². The van der Waals surface area contributed by atoms with Gasteiger partial charge in [0.25, 0.3) is 5.91 Å². The van der Waals surface area contributed by atoms with Crippen molar-refractivity contribution in [1.29, 1.82) is 0 Å². The van der Waals surface area contributed by atoms with Gasteiger partial charge >= 0.3 is 12.1 Å². The number of carboxylic acid groups (broad SMARTS) is 1. The number of ether oxygens (including phenoxy) is 1. The molecule has 0 radical (unpaired) electrons. The zero-order valence-corrected chi connectivity index (χ0v) is 20.7. The lowest BCUT2D eigenvalue weighted by atomic mass is 10.0. The van der Waals surface area contributed by atoms with Gasteiger partial charge < -0.3 is 9.84 Å². The lowest BCUT2D eigenvalue weighted by molar-refractivity contribution is -0.137. The van der Waals surface area contributed by atoms with E-state index in [0.717, 1.165) is 22.4 Å². The van der Waals surface area contributed by atoms with Crippen molar-refractivity contribution >= 4 is 34.4 Å². The van der Waals surface area contributed by atoms with Crippen LogP contribution in [0.15, 0.2) is 91.0 Å². The first-order chi connectivity index (χ1) is 18.6. The monoisotopic (exact) mass is 550 g/mol. The summed E-state index contributed by atoms with van der Waals surface area (Å²) in [6.45, 7) is 0.114. The Bertz CT molecular complexity index is 1720. The van der Waals surface area contributed by atoms with Crippen molar-refractivity contribution < 1.29 is 32.6 Å². The van der Waals surface area contributed by atoms with Crippen molar-refractivity contribution in [3.63, 3.8) is 0 Å². The van der Waals surface area contributed by atoms with Crippen molar-refractivity contribution in [2.24, 2.45) is 0 Å². The molecule has 0 saturated carbocycles. The fraction of sp³-hybridized carbons (Fsp3) is 0.0690. The van der Waals surface area contributed by atoms with Crippen LogP contribution in [-0.2, 0) is 12.8 Å². The Morgan fingerprint density at radius 3 is 2.36 bits per heavy atom. The van der Waals surface area contributed by atoms with Gasteiger partial charge in [-0.15, -0.1) is 0 Å². The number of rotatable bonds is 6. The van der Waals surface area contributed by atoms with E-state index < -0.39 is 29.2 Å². The second kappa shape index (κ2) is 10.3. The maximum atomic E-state index is 13.8. The summed E-state index contributed by atoms with van der Waals surface area (Å²) in [5.74, 6) is -2.06. The van der Waals surface area contributed by atoms with Crippen molar-refractivity contribution in [2.75, 3.05) is 0 Å². The van der Waals surface area contributed by atoms with E-state index in [1.807, 2.05) is 30.3 Å². The molecule has 6 nitrogen and oxygen atoms in total. The fourth-order valence-electron chi connectivity index (χ4n) is 4.21. The van der Waals surface area contributed by atoms with Gasteiger partial charge in [-0.3, -0.25) is 4.79 Å². The molecule has 0 aliphatic carbocycles. The number of hydrogen-bond donors (Lipinski definition) is 1. The molecule has 0 fully saturated rings. The Morgan fingerprint density at radius 2 is 1.64 bits per heavy atom. The molecule has 1 aromatic heterocycles. The molecule has 1 heterocycles. The Hall–Kier alpha value is -4.63. The summed E-state index contributed by atoms with van der Waals surface area (Å²) in [5.41, 5.74) is -0.303. The third kappa shape index (κ3) is 5.08. The Labute approximate surface area is 224 Å². The van der Waals surface area contributed by atoms with Crippen LogP contribution < -0.4 is 4.74 Å². The third-order valence-corrected chi connectivity index (χ3v) is 6.35. The Morgan fingerprint density at radius 1 is 0.923 bits per heavy atom. The van der Waals surface area contributed by atoms with Gasteiger partial charge in [0.05, 0.1) is 27.2 Å². The predicted octanol–water partition coefficient (Wildman–Crippen LogP) is 7.34. The van der Waals surface area contributed by atoms with Crippen LogP contribution in [0.2, 0.25) is 5.02 Å². The molecule has 196 valence electrons. The lowest BCUT2D eigenvalue weighted by Crippen LogP contribution is -2.20. The number of hydrogen-bond acceptors (Lipinski definition) is 4. The van der Waals surface area contributed by atoms with Crippen LogP contribution in [0, 0.1) is 0 Å². The number of carbonyl (C=O) groups excluding carboxylic acids is 1. The summed E-state index contributed by atoms with van der Waals surface area (Å²) < 4.78 is 48.1. The average molecular weight is 551 g/mol. The zero-order valence-electron chi connectivity index (χ0n) is 19.9. The SMILES string of the molecule is O=C(O)c1ccc(-c2nn(C(=O)c3c(Cl)cccc3C(F)(F)F)c3ccccc23)c(OCc2ccccc2)c1. The number of fused-ring (bicyclic) bond motifs is 1. The molecule has 4 aromatic carbocycles. The highest BCUT2D eigenvalue weighted by Crippen LogP contribution is 2.38. The zero-order chi connectivity index (χ0) is 27.7. The van der Waals surface area contributed by atoms with Crippen LogP contribution in [0.5, 0.6) is 5.75 Å². The maximum absolute atomic E-state index is 13.8. The van der Waals surface area contributed by atoms with Crippen molar-refractivity contribution in [3.8, 4) is 17.0 Å². The van der Waals surface area contributed by atoms with E-state index in [-0.39, 0.29) is 34.2 Å². The van der Waals surface area contributed by atoms with Crippen LogP contribution >= 0.6 is 11.6 Å². The number of aromatic carboxylic acids is 1. The molecule has 0 spiro atoms. The van der Waals surface area contributed by atoms with Gasteiger partial charge in [0, 0.05) is 10.9 Å². The van der Waals surface area contributed by atoms with Gasteiger partial charge in [0.15, 0.2) is 0 Å². The van der Waals surface area contributed by atoms with Gasteiger partial charge in [0.2, 0.25) is 0 Å². The van der Waals surface area contributed by atoms with E-state index in [1.54, 1.807) is 24.3 Å². The smallest absolute Gasteiger partial charge is 0.417 e. The average Bonchev–Trinajstić information content (AvgIpc) is 3.31. The summed E-state index contributed by atoms with van der Waals surface area (Å²) in [7, 11) is 0. The molecule has 0 unspecified atom stereocenters. The van der Waals surface area contributed by atoms with Crippen LogP contribution in [0.3, 0.4) is 0 Å². The molecular formula is C29H18ClF3N2O4. The third-order valence-electron chi connectivity index (χ3n) is 6.03. The van der Waals surface area contributed by atoms with Crippen LogP contribution in [0.4, 0.5) is 13.2 Å². The molecule has 0 amide bonds. The van der Waals surface area contributed by atoms with E-state index in [2.05, 4.69) is 5.10 Å². The van der Waals surface area contributed by atoms with E-state index in [4.69, 9.17) is 16.3 Å². The van der Waals surface area contributed by atoms with Crippen molar-refractivity contribution in [3.05, 3.63) is 118 Å². The fourth-order valence-corrected chi connectivity index (χ4v) is 4.46. The highest BCUT2D eigenvalue weighted by molar-refractivity contribution is 6.34. The van der Waals surface area contributed by atoms with Gasteiger partial charge in [-0.2, -0.15) is 23.0 Å². The molecule has 0 saturated heterocycles. The topological polar surface area (TPSA) is 81.4 Å². The molecule has 0 aliphatic heterocycles. The summed E-state index contributed by atoms with van der Waals surface area (Å²) in [6.07, 6.45) is -4.83. The molecule has 5 aromatic rings. The van der Waals surface area contributed by atoms with Gasteiger partial charge in [-0.25, -0.2) is 4.79 Å². The largest absolute Gasteiger partial charge is 0.488 e. The summed E-state index contributed by atoms with van der Waals surface area (Å²) >= 11 is 6.09. The molecule has 5 rings (SSSR count). The van der Waals surface area contributed by atoms with Gasteiger partial charge in [0.1, 0.15) is 18.1 Å². The number of aromatic nitrogens is 2. The first-order valence-corrected chi connectivity index (χ1v) is 12.0. The first kappa shape index (κ1) is 26.0. The van der Waals surface area contributed by atoms with E-state index in [1.165, 1.54) is 24.3 Å². The first-order valence-electron chi connectivity index (χ1n) is 11.6. The molecule has 10 heteroatoms. The summed E-state index contributed by atoms with van der Waals surface area (Å²) in [6, 6.07) is 23.0. The maximum Gasteiger partial charge on any atom is 0.417 e. The summed E-state index contributed by atoms with van der Waals surface area (Å²) in [4.78, 5) is 25.2. The standard InChI is InChI=1S/C29H18ClF3N2O4/c30-22-11-6-10-21(29(31,32)33)25(22)27(36)35-23-12-5-4-9-19(23)26(34-35)20-14-13-18(28(37)38)15-24(20)39-16-17-7-2-1-3-8-17/h1-15H,16H2,(H,37,38). The van der Waals surface area contributed by atoms with E-state index >= 15 is 0 Å². The Kier molecular flexibility index (Phi) is 6.84. The van der Waals surface area contributed by atoms with Crippen molar-refractivity contribution in [2.45, 2.75) is 12.8 Å². The summed E-state index contributed by atoms with van der Waals surface area (Å²) in [5, 5.41) is 14.0. The van der Waals surface area contributed by atoms with E-state index in [9.17, 15) is 27.9 Å². The van der Waals surface area contributed by atoms with Crippen LogP contribution in [-0.4, -0.2) is 26.8 Å². The molecule has 1 N–H and O–H groups in total. The highest BCUT2D eigenvalue weighted by Gasteiger charge is 2.37. The second-order valence-corrected chi connectivity index (χ2v) is 8.94. The molecular weight excluding hydrogens is 533 g/mol. The van der Waals surface area contributed by atoms with Crippen molar-refractivity contribution in [1.82, 2.24) is 9.78 Å². The minimum Gasteiger partial charge on any atom is -0.488 e. The number of halogens is 4. The normalized spacial score (nSPS) is 11.5. The van der Waals surface area contributed by atoms with Crippen LogP contribution in [0.1, 0.15) is 31.8 Å². The number of nitrogens with zero attached hydrogens (tertiary/aromatic N) is 2. The molecule has 0 bridgehead atoms. The predicted molar refractivity (Wildman–Crippen MR) is 139 cm³/mol. The Balaban J connectivity index is 1.67. The minimum atomic E-state index is -4.83. The lowest BCUT2D eigenvalue weighted by Gasteiger charge is -2.13. The quantitative estimate of drug-likeness (QED) is 0.239. The minimum absolute atomic E-state index is 0.0347. The molecule has 0 aliphatic rings. The molecule has 39 heavy (non-hydrogen) atoms. The molecule has 0 atom stereocenters. The van der Waals surface area contributed by atoms with Gasteiger partial charge in [-0.05, 0) is 42.0 Å². The number of carboxylic acids is 1. The number of alkyl halides is 3. The van der Waals surface area contributed by atoms with E-state index in [0.29, 0.717) is 10.9 Å². The van der Waals surface area contributed by atoms with Crippen LogP contribution in [0.25, 0.3) is 22.2 Å². The number of carbonyl (C=O) groups is 2. The highest BCUT2D eigenvalue weighted by atomic mass is 35.5.